The highest BCUT2D eigenvalue weighted by Gasteiger charge is 2.29. The molecular formula is C22H21ClN4O6. The van der Waals surface area contributed by atoms with Crippen LogP contribution in [-0.4, -0.2) is 41.7 Å². The average Bonchev–Trinajstić information content (AvgIpc) is 3.27. The van der Waals surface area contributed by atoms with E-state index in [1.54, 1.807) is 30.3 Å². The van der Waals surface area contributed by atoms with E-state index in [-0.39, 0.29) is 23.7 Å². The van der Waals surface area contributed by atoms with Crippen LogP contribution in [0.4, 0.5) is 0 Å². The van der Waals surface area contributed by atoms with Gasteiger partial charge in [0.05, 0.1) is 38.8 Å². The van der Waals surface area contributed by atoms with Crippen LogP contribution in [0.2, 0.25) is 5.02 Å². The van der Waals surface area contributed by atoms with Gasteiger partial charge < -0.3 is 24.7 Å². The first-order valence-corrected chi connectivity index (χ1v) is 10.2. The van der Waals surface area contributed by atoms with Gasteiger partial charge in [-0.2, -0.15) is 5.10 Å². The van der Waals surface area contributed by atoms with Crippen LogP contribution >= 0.6 is 11.6 Å². The summed E-state index contributed by atoms with van der Waals surface area (Å²) in [7, 11) is 4.54. The van der Waals surface area contributed by atoms with Gasteiger partial charge in [0.25, 0.3) is 5.56 Å². The van der Waals surface area contributed by atoms with E-state index >= 15 is 0 Å². The van der Waals surface area contributed by atoms with E-state index < -0.39 is 17.1 Å². The molecule has 1 aliphatic heterocycles. The summed E-state index contributed by atoms with van der Waals surface area (Å²) < 4.78 is 17.1. The molecule has 0 bridgehead atoms. The number of rotatable bonds is 6. The van der Waals surface area contributed by atoms with E-state index in [0.29, 0.717) is 28.0 Å². The monoisotopic (exact) mass is 472 g/mol. The molecular weight excluding hydrogens is 452 g/mol. The maximum absolute atomic E-state index is 12.6. The zero-order chi connectivity index (χ0) is 23.7. The maximum atomic E-state index is 12.6. The van der Waals surface area contributed by atoms with Crippen LogP contribution in [0.5, 0.6) is 23.1 Å². The Labute approximate surface area is 193 Å². The topological polar surface area (TPSA) is 127 Å². The van der Waals surface area contributed by atoms with Crippen molar-refractivity contribution in [3.8, 4) is 28.8 Å². The third-order valence-corrected chi connectivity index (χ3v) is 5.52. The number of methoxy groups -OCH3 is 3. The molecule has 1 atom stereocenters. The van der Waals surface area contributed by atoms with E-state index in [2.05, 4.69) is 15.5 Å². The van der Waals surface area contributed by atoms with Crippen LogP contribution in [0.25, 0.3) is 5.69 Å². The molecule has 11 heteroatoms. The Hall–Kier alpha value is -3.92. The first-order chi connectivity index (χ1) is 15.9. The van der Waals surface area contributed by atoms with Crippen LogP contribution in [-0.2, 0) is 0 Å². The Balaban J connectivity index is 1.73. The van der Waals surface area contributed by atoms with Gasteiger partial charge in [0.15, 0.2) is 11.5 Å². The lowest BCUT2D eigenvalue weighted by Gasteiger charge is -2.17. The molecule has 0 saturated carbocycles. The van der Waals surface area contributed by atoms with E-state index in [1.807, 2.05) is 0 Å². The number of nitrogens with one attached hydrogen (secondary N) is 2. The van der Waals surface area contributed by atoms with Gasteiger partial charge in [-0.15, -0.1) is 0 Å². The fourth-order valence-electron chi connectivity index (χ4n) is 3.73. The number of aromatic nitrogens is 2. The summed E-state index contributed by atoms with van der Waals surface area (Å²) >= 11 is 6.02. The van der Waals surface area contributed by atoms with Crippen molar-refractivity contribution in [3.05, 3.63) is 73.4 Å². The average molecular weight is 473 g/mol. The number of benzene rings is 2. The van der Waals surface area contributed by atoms with Crippen LogP contribution < -0.4 is 30.9 Å². The van der Waals surface area contributed by atoms with Gasteiger partial charge in [-0.05, 0) is 35.9 Å². The summed E-state index contributed by atoms with van der Waals surface area (Å²) in [6, 6.07) is 9.54. The Morgan fingerprint density at radius 1 is 1.09 bits per heavy atom. The molecule has 1 aliphatic rings. The van der Waals surface area contributed by atoms with E-state index in [4.69, 9.17) is 25.8 Å². The van der Waals surface area contributed by atoms with Gasteiger partial charge in [-0.25, -0.2) is 9.36 Å². The molecule has 33 heavy (non-hydrogen) atoms. The van der Waals surface area contributed by atoms with Crippen molar-refractivity contribution in [3.63, 3.8) is 0 Å². The van der Waals surface area contributed by atoms with Gasteiger partial charge in [0.2, 0.25) is 11.6 Å². The molecule has 10 nitrogen and oxygen atoms in total. The first kappa shape index (κ1) is 22.3. The maximum Gasteiger partial charge on any atom is 0.335 e. The summed E-state index contributed by atoms with van der Waals surface area (Å²) in [4.78, 5) is 27.3. The van der Waals surface area contributed by atoms with E-state index in [0.717, 1.165) is 10.1 Å². The van der Waals surface area contributed by atoms with Crippen LogP contribution in [0.3, 0.4) is 0 Å². The lowest BCUT2D eigenvalue weighted by atomic mass is 9.99. The summed E-state index contributed by atoms with van der Waals surface area (Å²) in [5, 5.41) is 15.5. The minimum absolute atomic E-state index is 0.114. The Morgan fingerprint density at radius 2 is 1.79 bits per heavy atom. The molecule has 0 radical (unpaired) electrons. The van der Waals surface area contributed by atoms with Gasteiger partial charge in [-0.3, -0.25) is 9.78 Å². The Morgan fingerprint density at radius 3 is 2.39 bits per heavy atom. The lowest BCUT2D eigenvalue weighted by Crippen LogP contribution is -2.33. The van der Waals surface area contributed by atoms with Gasteiger partial charge in [0, 0.05) is 11.4 Å². The number of aromatic hydroxyl groups is 1. The number of hydrogen-bond donors (Lipinski definition) is 3. The SMILES string of the molecule is COc1cc([C@H]2CC(c3c(O)n(-c4cccc(Cl)c4)c(=O)[nH]c3=O)=NN2)cc(OC)c1OC. The number of aromatic amines is 1. The third kappa shape index (κ3) is 4.00. The minimum atomic E-state index is -0.795. The molecule has 172 valence electrons. The number of halogens is 1. The van der Waals surface area contributed by atoms with Crippen molar-refractivity contribution in [1.82, 2.24) is 15.0 Å². The standard InChI is InChI=1S/C22H21ClN4O6/c1-31-16-7-11(8-17(32-2)19(16)33-3)14-10-15(26-25-14)18-20(28)24-22(30)27(21(18)29)13-6-4-5-12(23)9-13/h4-9,14,25,29H,10H2,1-3H3,(H,24,28,30)/t14-/m1/s1. The third-order valence-electron chi connectivity index (χ3n) is 5.28. The number of hydrogen-bond acceptors (Lipinski definition) is 8. The molecule has 2 aromatic carbocycles. The number of ether oxygens (including phenoxy) is 3. The zero-order valence-electron chi connectivity index (χ0n) is 18.0. The smallest absolute Gasteiger partial charge is 0.335 e. The summed E-state index contributed by atoms with van der Waals surface area (Å²) in [6.45, 7) is 0. The Kier molecular flexibility index (Phi) is 6.01. The fourth-order valence-corrected chi connectivity index (χ4v) is 3.92. The van der Waals surface area contributed by atoms with Crippen LogP contribution in [0, 0.1) is 0 Å². The van der Waals surface area contributed by atoms with E-state index in [1.165, 1.54) is 27.4 Å². The molecule has 0 spiro atoms. The second-order valence-electron chi connectivity index (χ2n) is 7.18. The normalized spacial score (nSPS) is 15.0. The van der Waals surface area contributed by atoms with Crippen molar-refractivity contribution < 1.29 is 19.3 Å². The minimum Gasteiger partial charge on any atom is -0.493 e. The molecule has 0 saturated heterocycles. The highest BCUT2D eigenvalue weighted by molar-refractivity contribution is 6.30. The predicted molar refractivity (Wildman–Crippen MR) is 122 cm³/mol. The highest BCUT2D eigenvalue weighted by atomic mass is 35.5. The number of H-pyrrole nitrogens is 1. The molecule has 0 unspecified atom stereocenters. The largest absolute Gasteiger partial charge is 0.493 e. The fraction of sp³-hybridized carbons (Fsp3) is 0.227. The van der Waals surface area contributed by atoms with Crippen molar-refractivity contribution in [2.45, 2.75) is 12.5 Å². The summed E-state index contributed by atoms with van der Waals surface area (Å²) in [5.41, 5.74) is 2.65. The predicted octanol–water partition coefficient (Wildman–Crippen LogP) is 2.35. The molecule has 3 aromatic rings. The van der Waals surface area contributed by atoms with Gasteiger partial charge >= 0.3 is 5.69 Å². The van der Waals surface area contributed by atoms with Gasteiger partial charge in [0.1, 0.15) is 5.56 Å². The summed E-state index contributed by atoms with van der Waals surface area (Å²) in [6.07, 6.45) is 0.253. The van der Waals surface area contributed by atoms with Crippen molar-refractivity contribution >= 4 is 17.3 Å². The molecule has 0 fully saturated rings. The quantitative estimate of drug-likeness (QED) is 0.502. The molecule has 3 N–H and O–H groups in total. The van der Waals surface area contributed by atoms with Crippen molar-refractivity contribution in [2.24, 2.45) is 5.10 Å². The van der Waals surface area contributed by atoms with Crippen LogP contribution in [0.1, 0.15) is 23.6 Å². The van der Waals surface area contributed by atoms with Crippen molar-refractivity contribution in [2.75, 3.05) is 21.3 Å². The van der Waals surface area contributed by atoms with Crippen LogP contribution in [0.15, 0.2) is 51.1 Å². The number of nitrogens with zero attached hydrogens (tertiary/aromatic N) is 2. The second-order valence-corrected chi connectivity index (χ2v) is 7.61. The zero-order valence-corrected chi connectivity index (χ0v) is 18.8. The lowest BCUT2D eigenvalue weighted by molar-refractivity contribution is 0.323. The Bertz CT molecular complexity index is 1340. The molecule has 2 heterocycles. The number of hydrazone groups is 1. The molecule has 0 aliphatic carbocycles. The molecule has 4 rings (SSSR count). The highest BCUT2D eigenvalue weighted by Crippen LogP contribution is 2.41. The summed E-state index contributed by atoms with van der Waals surface area (Å²) in [5.74, 6) is 0.859. The second kappa shape index (κ2) is 8.91. The van der Waals surface area contributed by atoms with E-state index in [9.17, 15) is 14.7 Å². The molecule has 1 aromatic heterocycles. The molecule has 0 amide bonds. The van der Waals surface area contributed by atoms with Gasteiger partial charge in [-0.1, -0.05) is 17.7 Å². The first-order valence-electron chi connectivity index (χ1n) is 9.84. The van der Waals surface area contributed by atoms with Crippen molar-refractivity contribution in [1.29, 1.82) is 0 Å².